The Bertz CT molecular complexity index is 390. The van der Waals surface area contributed by atoms with E-state index in [9.17, 15) is 4.79 Å². The van der Waals surface area contributed by atoms with Crippen LogP contribution in [-0.4, -0.2) is 23.7 Å². The van der Waals surface area contributed by atoms with Crippen molar-refractivity contribution in [3.05, 3.63) is 23.8 Å². The maximum Gasteiger partial charge on any atom is 0.326 e. The normalized spacial score (nSPS) is 11.9. The molecular formula is C13H19NO3. The summed E-state index contributed by atoms with van der Waals surface area (Å²) < 4.78 is 5.38. The van der Waals surface area contributed by atoms with Crippen molar-refractivity contribution in [3.8, 4) is 5.75 Å². The van der Waals surface area contributed by atoms with Crippen molar-refractivity contribution in [1.82, 2.24) is 0 Å². The van der Waals surface area contributed by atoms with Gasteiger partial charge < -0.3 is 15.2 Å². The fourth-order valence-electron chi connectivity index (χ4n) is 1.58. The van der Waals surface area contributed by atoms with Gasteiger partial charge in [-0.15, -0.1) is 0 Å². The molecule has 0 aliphatic heterocycles. The van der Waals surface area contributed by atoms with Crippen molar-refractivity contribution >= 4 is 11.7 Å². The van der Waals surface area contributed by atoms with E-state index in [1.807, 2.05) is 39.0 Å². The summed E-state index contributed by atoms with van der Waals surface area (Å²) in [6.45, 7) is 6.33. The Hall–Kier alpha value is -1.71. The van der Waals surface area contributed by atoms with Gasteiger partial charge in [0.25, 0.3) is 0 Å². The van der Waals surface area contributed by atoms with Gasteiger partial charge in [-0.25, -0.2) is 4.79 Å². The molecule has 0 fully saturated rings. The number of hydrogen-bond donors (Lipinski definition) is 2. The summed E-state index contributed by atoms with van der Waals surface area (Å²) in [6, 6.07) is 5.05. The van der Waals surface area contributed by atoms with Gasteiger partial charge >= 0.3 is 5.97 Å². The van der Waals surface area contributed by atoms with Crippen LogP contribution in [0.1, 0.15) is 25.8 Å². The maximum absolute atomic E-state index is 10.9. The second-order valence-corrected chi connectivity index (χ2v) is 3.85. The molecule has 1 aromatic carbocycles. The van der Waals surface area contributed by atoms with Gasteiger partial charge in [0.2, 0.25) is 0 Å². The molecule has 0 saturated heterocycles. The first-order valence-corrected chi connectivity index (χ1v) is 5.81. The highest BCUT2D eigenvalue weighted by atomic mass is 16.5. The molecule has 1 unspecified atom stereocenters. The lowest BCUT2D eigenvalue weighted by molar-refractivity contribution is -0.137. The van der Waals surface area contributed by atoms with Crippen LogP contribution < -0.4 is 10.1 Å². The molecule has 0 aliphatic rings. The van der Waals surface area contributed by atoms with Crippen LogP contribution in [0.3, 0.4) is 0 Å². The summed E-state index contributed by atoms with van der Waals surface area (Å²) >= 11 is 0. The van der Waals surface area contributed by atoms with E-state index in [2.05, 4.69) is 5.32 Å². The fraction of sp³-hybridized carbons (Fsp3) is 0.462. The Morgan fingerprint density at radius 3 is 2.65 bits per heavy atom. The van der Waals surface area contributed by atoms with E-state index in [1.54, 1.807) is 0 Å². The Morgan fingerprint density at radius 2 is 2.18 bits per heavy atom. The van der Waals surface area contributed by atoms with Gasteiger partial charge in [-0.3, -0.25) is 0 Å². The molecule has 0 heterocycles. The van der Waals surface area contributed by atoms with Crippen molar-refractivity contribution in [2.24, 2.45) is 0 Å². The predicted molar refractivity (Wildman–Crippen MR) is 67.7 cm³/mol. The van der Waals surface area contributed by atoms with Crippen LogP contribution in [-0.2, 0) is 4.79 Å². The first-order valence-electron chi connectivity index (χ1n) is 5.81. The number of nitrogens with one attached hydrogen (secondary N) is 1. The molecule has 1 atom stereocenters. The molecule has 0 aliphatic carbocycles. The van der Waals surface area contributed by atoms with Crippen LogP contribution in [0.25, 0.3) is 0 Å². The molecule has 2 N–H and O–H groups in total. The highest BCUT2D eigenvalue weighted by Crippen LogP contribution is 2.22. The second-order valence-electron chi connectivity index (χ2n) is 3.85. The van der Waals surface area contributed by atoms with E-state index in [1.165, 1.54) is 0 Å². The topological polar surface area (TPSA) is 58.6 Å². The molecular weight excluding hydrogens is 218 g/mol. The molecule has 0 saturated carbocycles. The monoisotopic (exact) mass is 237 g/mol. The average Bonchev–Trinajstić information content (AvgIpc) is 2.28. The zero-order valence-corrected chi connectivity index (χ0v) is 10.5. The van der Waals surface area contributed by atoms with Crippen LogP contribution >= 0.6 is 0 Å². The number of carboxylic acids is 1. The first kappa shape index (κ1) is 13.4. The number of carboxylic acid groups (broad SMARTS) is 1. The van der Waals surface area contributed by atoms with Crippen molar-refractivity contribution < 1.29 is 14.6 Å². The van der Waals surface area contributed by atoms with Crippen molar-refractivity contribution in [3.63, 3.8) is 0 Å². The third-order valence-electron chi connectivity index (χ3n) is 2.54. The largest absolute Gasteiger partial charge is 0.494 e. The lowest BCUT2D eigenvalue weighted by Gasteiger charge is -2.16. The summed E-state index contributed by atoms with van der Waals surface area (Å²) in [5, 5.41) is 12.0. The fourth-order valence-corrected chi connectivity index (χ4v) is 1.58. The molecule has 0 bridgehead atoms. The van der Waals surface area contributed by atoms with Gasteiger partial charge in [0, 0.05) is 5.69 Å². The number of aryl methyl sites for hydroxylation is 1. The zero-order chi connectivity index (χ0) is 12.8. The third-order valence-corrected chi connectivity index (χ3v) is 2.54. The van der Waals surface area contributed by atoms with E-state index in [0.29, 0.717) is 13.0 Å². The molecule has 1 aromatic rings. The SMILES string of the molecule is CCOc1ccc(NC(CC)C(=O)O)c(C)c1. The number of hydrogen-bond acceptors (Lipinski definition) is 3. The van der Waals surface area contributed by atoms with E-state index < -0.39 is 12.0 Å². The summed E-state index contributed by atoms with van der Waals surface area (Å²) in [4.78, 5) is 10.9. The standard InChI is InChI=1S/C13H19NO3/c1-4-11(13(15)16)14-12-7-6-10(17-5-2)8-9(12)3/h6-8,11,14H,4-5H2,1-3H3,(H,15,16). The highest BCUT2D eigenvalue weighted by molar-refractivity contribution is 5.77. The van der Waals surface area contributed by atoms with Crippen molar-refractivity contribution in [2.45, 2.75) is 33.2 Å². The van der Waals surface area contributed by atoms with Crippen LogP contribution in [0.4, 0.5) is 5.69 Å². The van der Waals surface area contributed by atoms with Gasteiger partial charge in [-0.2, -0.15) is 0 Å². The van der Waals surface area contributed by atoms with Crippen molar-refractivity contribution in [1.29, 1.82) is 0 Å². The van der Waals surface area contributed by atoms with Gasteiger partial charge in [0.15, 0.2) is 0 Å². The third kappa shape index (κ3) is 3.66. The summed E-state index contributed by atoms with van der Waals surface area (Å²) in [6.07, 6.45) is 0.544. The first-order chi connectivity index (χ1) is 8.08. The van der Waals surface area contributed by atoms with Gasteiger partial charge in [-0.05, 0) is 44.0 Å². The molecule has 0 spiro atoms. The number of rotatable bonds is 6. The Kier molecular flexibility index (Phi) is 4.82. The molecule has 94 valence electrons. The maximum atomic E-state index is 10.9. The van der Waals surface area contributed by atoms with E-state index in [0.717, 1.165) is 17.0 Å². The molecule has 4 heteroatoms. The Balaban J connectivity index is 2.81. The lowest BCUT2D eigenvalue weighted by atomic mass is 10.1. The van der Waals surface area contributed by atoms with E-state index in [-0.39, 0.29) is 0 Å². The molecule has 4 nitrogen and oxygen atoms in total. The summed E-state index contributed by atoms with van der Waals surface area (Å²) in [5.41, 5.74) is 1.82. The number of benzene rings is 1. The van der Waals surface area contributed by atoms with Gasteiger partial charge in [0.1, 0.15) is 11.8 Å². The van der Waals surface area contributed by atoms with E-state index in [4.69, 9.17) is 9.84 Å². The number of ether oxygens (including phenoxy) is 1. The van der Waals surface area contributed by atoms with E-state index >= 15 is 0 Å². The lowest BCUT2D eigenvalue weighted by Crippen LogP contribution is -2.28. The number of carbonyl (C=O) groups is 1. The zero-order valence-electron chi connectivity index (χ0n) is 10.5. The van der Waals surface area contributed by atoms with Crippen LogP contribution in [0.5, 0.6) is 5.75 Å². The quantitative estimate of drug-likeness (QED) is 0.798. The minimum atomic E-state index is -0.833. The Morgan fingerprint density at radius 1 is 1.47 bits per heavy atom. The van der Waals surface area contributed by atoms with Crippen LogP contribution in [0.15, 0.2) is 18.2 Å². The Labute approximate surface area is 102 Å². The van der Waals surface area contributed by atoms with Gasteiger partial charge in [-0.1, -0.05) is 6.92 Å². The average molecular weight is 237 g/mol. The number of aliphatic carboxylic acids is 1. The van der Waals surface area contributed by atoms with Gasteiger partial charge in [0.05, 0.1) is 6.61 Å². The minimum absolute atomic E-state index is 0.544. The molecule has 17 heavy (non-hydrogen) atoms. The summed E-state index contributed by atoms with van der Waals surface area (Å²) in [7, 11) is 0. The van der Waals surface area contributed by atoms with Crippen LogP contribution in [0, 0.1) is 6.92 Å². The minimum Gasteiger partial charge on any atom is -0.494 e. The van der Waals surface area contributed by atoms with Crippen molar-refractivity contribution in [2.75, 3.05) is 11.9 Å². The summed E-state index contributed by atoms with van der Waals surface area (Å²) in [5.74, 6) is -0.0280. The predicted octanol–water partition coefficient (Wildman–Crippen LogP) is 2.67. The number of anilines is 1. The van der Waals surface area contributed by atoms with Crippen LogP contribution in [0.2, 0.25) is 0 Å². The molecule has 0 radical (unpaired) electrons. The highest BCUT2D eigenvalue weighted by Gasteiger charge is 2.15. The second kappa shape index (κ2) is 6.13. The smallest absolute Gasteiger partial charge is 0.326 e. The molecule has 0 amide bonds. The molecule has 1 rings (SSSR count). The molecule has 0 aromatic heterocycles.